The van der Waals surface area contributed by atoms with Gasteiger partial charge in [0.15, 0.2) is 18.1 Å². The second kappa shape index (κ2) is 9.62. The number of aryl methyl sites for hydroxylation is 2. The van der Waals surface area contributed by atoms with Gasteiger partial charge in [-0.2, -0.15) is 0 Å². The van der Waals surface area contributed by atoms with Crippen molar-refractivity contribution in [1.82, 2.24) is 0 Å². The van der Waals surface area contributed by atoms with Crippen molar-refractivity contribution in [2.75, 3.05) is 19.0 Å². The van der Waals surface area contributed by atoms with E-state index < -0.39 is 0 Å². The zero-order valence-corrected chi connectivity index (χ0v) is 16.4. The van der Waals surface area contributed by atoms with E-state index in [1.54, 1.807) is 13.2 Å². The third-order valence-corrected chi connectivity index (χ3v) is 3.77. The zero-order chi connectivity index (χ0) is 19.8. The molecular weight excluding hydrogens is 344 g/mol. The summed E-state index contributed by atoms with van der Waals surface area (Å²) in [5.74, 6) is 1.02. The lowest BCUT2D eigenvalue weighted by Gasteiger charge is -2.13. The number of nitrogens with zero attached hydrogens (tertiary/aromatic N) is 1. The van der Waals surface area contributed by atoms with Crippen molar-refractivity contribution >= 4 is 17.8 Å². The number of ether oxygens (including phenoxy) is 2. The topological polar surface area (TPSA) is 69.2 Å². The third-order valence-electron chi connectivity index (χ3n) is 3.77. The van der Waals surface area contributed by atoms with Crippen molar-refractivity contribution in [2.24, 2.45) is 5.16 Å². The van der Waals surface area contributed by atoms with Crippen LogP contribution in [0.3, 0.4) is 0 Å². The molecule has 0 fully saturated rings. The van der Waals surface area contributed by atoms with Crippen molar-refractivity contribution in [2.45, 2.75) is 33.8 Å². The second-order valence-corrected chi connectivity index (χ2v) is 6.40. The van der Waals surface area contributed by atoms with E-state index in [9.17, 15) is 4.79 Å². The normalized spacial score (nSPS) is 10.9. The van der Waals surface area contributed by atoms with Gasteiger partial charge in [-0.15, -0.1) is 0 Å². The number of hydrogen-bond acceptors (Lipinski definition) is 5. The molecule has 0 bridgehead atoms. The Labute approximate surface area is 160 Å². The monoisotopic (exact) mass is 370 g/mol. The lowest BCUT2D eigenvalue weighted by Crippen LogP contribution is -2.18. The van der Waals surface area contributed by atoms with Crippen LogP contribution in [0.5, 0.6) is 11.5 Å². The van der Waals surface area contributed by atoms with Crippen molar-refractivity contribution in [3.63, 3.8) is 0 Å². The Kier molecular flexibility index (Phi) is 7.23. The summed E-state index contributed by atoms with van der Waals surface area (Å²) in [6.07, 6.45) is 1.57. The Morgan fingerprint density at radius 2 is 1.85 bits per heavy atom. The number of methoxy groups -OCH3 is 1. The average molecular weight is 370 g/mol. The standard InChI is InChI=1S/C21H26N2O4/c1-14(2)27-18-10-9-17(11-19(18)25-5)12-22-26-13-20(24)23-21-15(3)7-6-8-16(21)4/h6-12,14H,13H2,1-5H3,(H,23,24)/b22-12-. The SMILES string of the molecule is COc1cc(/C=N\OCC(=O)Nc2c(C)cccc2C)ccc1OC(C)C. The summed E-state index contributed by atoms with van der Waals surface area (Å²) in [6, 6.07) is 11.3. The highest BCUT2D eigenvalue weighted by Gasteiger charge is 2.08. The highest BCUT2D eigenvalue weighted by atomic mass is 16.6. The van der Waals surface area contributed by atoms with Crippen LogP contribution < -0.4 is 14.8 Å². The largest absolute Gasteiger partial charge is 0.493 e. The molecule has 1 amide bonds. The van der Waals surface area contributed by atoms with Gasteiger partial charge < -0.3 is 19.6 Å². The van der Waals surface area contributed by atoms with E-state index in [1.807, 2.05) is 58.0 Å². The molecule has 6 nitrogen and oxygen atoms in total. The van der Waals surface area contributed by atoms with Crippen LogP contribution in [0.15, 0.2) is 41.6 Å². The maximum absolute atomic E-state index is 12.0. The quantitative estimate of drug-likeness (QED) is 0.561. The molecule has 0 radical (unpaired) electrons. The van der Waals surface area contributed by atoms with Gasteiger partial charge in [-0.1, -0.05) is 23.4 Å². The Balaban J connectivity index is 1.91. The molecule has 0 aliphatic rings. The van der Waals surface area contributed by atoms with Gasteiger partial charge >= 0.3 is 0 Å². The molecule has 2 rings (SSSR count). The first kappa shape index (κ1) is 20.3. The van der Waals surface area contributed by atoms with Gasteiger partial charge in [-0.3, -0.25) is 4.79 Å². The molecule has 0 heterocycles. The number of nitrogens with one attached hydrogen (secondary N) is 1. The fraction of sp³-hybridized carbons (Fsp3) is 0.333. The highest BCUT2D eigenvalue weighted by molar-refractivity contribution is 5.93. The van der Waals surface area contributed by atoms with Crippen molar-refractivity contribution in [3.8, 4) is 11.5 Å². The summed E-state index contributed by atoms with van der Waals surface area (Å²) in [7, 11) is 1.58. The zero-order valence-electron chi connectivity index (χ0n) is 16.4. The van der Waals surface area contributed by atoms with Gasteiger partial charge in [0, 0.05) is 11.3 Å². The molecule has 1 N–H and O–H groups in total. The summed E-state index contributed by atoms with van der Waals surface area (Å²) in [4.78, 5) is 17.1. The smallest absolute Gasteiger partial charge is 0.265 e. The number of oxime groups is 1. The molecule has 0 spiro atoms. The van der Waals surface area contributed by atoms with Crippen LogP contribution in [0.1, 0.15) is 30.5 Å². The second-order valence-electron chi connectivity index (χ2n) is 6.40. The van der Waals surface area contributed by atoms with Gasteiger partial charge in [0.2, 0.25) is 0 Å². The number of amides is 1. The fourth-order valence-electron chi connectivity index (χ4n) is 2.50. The molecule has 0 aliphatic carbocycles. The number of benzene rings is 2. The molecular formula is C21H26N2O4. The molecule has 2 aromatic carbocycles. The average Bonchev–Trinajstić information content (AvgIpc) is 2.62. The van der Waals surface area contributed by atoms with Crippen LogP contribution in [0.2, 0.25) is 0 Å². The van der Waals surface area contributed by atoms with Crippen molar-refractivity contribution < 1.29 is 19.1 Å². The van der Waals surface area contributed by atoms with E-state index in [0.717, 1.165) is 22.4 Å². The Hall–Kier alpha value is -3.02. The summed E-state index contributed by atoms with van der Waals surface area (Å²) in [5, 5.41) is 6.70. The van der Waals surface area contributed by atoms with E-state index in [4.69, 9.17) is 14.3 Å². The minimum absolute atomic E-state index is 0.0529. The number of hydrogen-bond donors (Lipinski definition) is 1. The number of rotatable bonds is 8. The minimum Gasteiger partial charge on any atom is -0.493 e. The molecule has 27 heavy (non-hydrogen) atoms. The van der Waals surface area contributed by atoms with E-state index in [1.165, 1.54) is 6.21 Å². The van der Waals surface area contributed by atoms with Crippen LogP contribution in [-0.2, 0) is 9.63 Å². The molecule has 0 aromatic heterocycles. The summed E-state index contributed by atoms with van der Waals surface area (Å²) < 4.78 is 11.0. The van der Waals surface area contributed by atoms with Gasteiger partial charge in [-0.25, -0.2) is 0 Å². The van der Waals surface area contributed by atoms with Crippen molar-refractivity contribution in [1.29, 1.82) is 0 Å². The van der Waals surface area contributed by atoms with Gasteiger partial charge in [-0.05, 0) is 57.0 Å². The number of anilines is 1. The van der Waals surface area contributed by atoms with Crippen LogP contribution in [0.4, 0.5) is 5.69 Å². The van der Waals surface area contributed by atoms with E-state index >= 15 is 0 Å². The summed E-state index contributed by atoms with van der Waals surface area (Å²) in [5.41, 5.74) is 3.59. The number of para-hydroxylation sites is 1. The lowest BCUT2D eigenvalue weighted by atomic mass is 10.1. The van der Waals surface area contributed by atoms with E-state index in [-0.39, 0.29) is 18.6 Å². The molecule has 0 aliphatic heterocycles. The van der Waals surface area contributed by atoms with E-state index in [2.05, 4.69) is 10.5 Å². The van der Waals surface area contributed by atoms with Crippen LogP contribution in [0, 0.1) is 13.8 Å². The molecule has 6 heteroatoms. The fourth-order valence-corrected chi connectivity index (χ4v) is 2.50. The number of carbonyl (C=O) groups is 1. The van der Waals surface area contributed by atoms with Gasteiger partial charge in [0.25, 0.3) is 5.91 Å². The van der Waals surface area contributed by atoms with Crippen LogP contribution in [-0.4, -0.2) is 31.9 Å². The number of carbonyl (C=O) groups excluding carboxylic acids is 1. The van der Waals surface area contributed by atoms with Crippen molar-refractivity contribution in [3.05, 3.63) is 53.1 Å². The molecule has 144 valence electrons. The molecule has 0 saturated carbocycles. The molecule has 0 unspecified atom stereocenters. The van der Waals surface area contributed by atoms with Gasteiger partial charge in [0.1, 0.15) is 0 Å². The maximum Gasteiger partial charge on any atom is 0.265 e. The minimum atomic E-state index is -0.261. The lowest BCUT2D eigenvalue weighted by molar-refractivity contribution is -0.120. The van der Waals surface area contributed by atoms with E-state index in [0.29, 0.717) is 11.5 Å². The molecule has 2 aromatic rings. The molecule has 0 atom stereocenters. The first-order valence-corrected chi connectivity index (χ1v) is 8.76. The van der Waals surface area contributed by atoms with Gasteiger partial charge in [0.05, 0.1) is 19.4 Å². The Morgan fingerprint density at radius 3 is 2.48 bits per heavy atom. The highest BCUT2D eigenvalue weighted by Crippen LogP contribution is 2.28. The Bertz CT molecular complexity index is 796. The summed E-state index contributed by atoms with van der Waals surface area (Å²) in [6.45, 7) is 7.62. The first-order valence-electron chi connectivity index (χ1n) is 8.76. The van der Waals surface area contributed by atoms with Crippen LogP contribution in [0.25, 0.3) is 0 Å². The third kappa shape index (κ3) is 6.02. The maximum atomic E-state index is 12.0. The van der Waals surface area contributed by atoms with Crippen LogP contribution >= 0.6 is 0 Å². The Morgan fingerprint density at radius 1 is 1.15 bits per heavy atom. The summed E-state index contributed by atoms with van der Waals surface area (Å²) >= 11 is 0. The predicted octanol–water partition coefficient (Wildman–Crippen LogP) is 4.09. The first-order chi connectivity index (χ1) is 12.9. The molecule has 0 saturated heterocycles. The predicted molar refractivity (Wildman–Crippen MR) is 107 cm³/mol.